The van der Waals surface area contributed by atoms with Crippen molar-refractivity contribution in [2.45, 2.75) is 37.4 Å². The van der Waals surface area contributed by atoms with E-state index in [0.29, 0.717) is 12.8 Å². The number of nitrogens with one attached hydrogen (secondary N) is 1. The van der Waals surface area contributed by atoms with Gasteiger partial charge in [0.25, 0.3) is 0 Å². The Morgan fingerprint density at radius 3 is 2.56 bits per heavy atom. The van der Waals surface area contributed by atoms with Crippen LogP contribution in [0.25, 0.3) is 0 Å². The summed E-state index contributed by atoms with van der Waals surface area (Å²) in [4.78, 5) is 7.22. The van der Waals surface area contributed by atoms with E-state index >= 15 is 0 Å². The average molecular weight is 261 g/mol. The van der Waals surface area contributed by atoms with Crippen LogP contribution in [-0.4, -0.2) is 27.2 Å². The molecule has 4 nitrogen and oxygen atoms in total. The molecule has 1 saturated carbocycles. The quantitative estimate of drug-likeness (QED) is 0.875. The molecule has 0 saturated heterocycles. The number of alkyl halides is 3. The average Bonchev–Trinajstić information content (AvgIpc) is 2.77. The number of halogens is 3. The Morgan fingerprint density at radius 2 is 2.00 bits per heavy atom. The maximum absolute atomic E-state index is 12.5. The van der Waals surface area contributed by atoms with Gasteiger partial charge in [-0.25, -0.2) is 9.97 Å². The molecule has 100 valence electrons. The fraction of sp³-hybridized carbons (Fsp3) is 0.636. The topological polar surface area (TPSA) is 58.0 Å². The van der Waals surface area contributed by atoms with E-state index in [9.17, 15) is 18.3 Å². The minimum absolute atomic E-state index is 0.0826. The molecule has 1 heterocycles. The van der Waals surface area contributed by atoms with E-state index in [4.69, 9.17) is 0 Å². The van der Waals surface area contributed by atoms with Crippen LogP contribution in [0.2, 0.25) is 0 Å². The summed E-state index contributed by atoms with van der Waals surface area (Å²) < 4.78 is 37.5. The Bertz CT molecular complexity index is 416. The van der Waals surface area contributed by atoms with Gasteiger partial charge in [0.2, 0.25) is 5.95 Å². The maximum Gasteiger partial charge on any atom is 0.433 e. The maximum atomic E-state index is 12.5. The first-order valence-electron chi connectivity index (χ1n) is 5.74. The molecule has 0 unspecified atom stereocenters. The predicted octanol–water partition coefficient (Wildman–Crippen LogP) is 2.21. The van der Waals surface area contributed by atoms with Crippen molar-refractivity contribution in [3.63, 3.8) is 0 Å². The number of aromatic nitrogens is 2. The normalized spacial score (nSPS) is 18.9. The Kier molecular flexibility index (Phi) is 3.43. The van der Waals surface area contributed by atoms with Gasteiger partial charge >= 0.3 is 6.18 Å². The summed E-state index contributed by atoms with van der Waals surface area (Å²) in [6.45, 7) is -0.132. The third kappa shape index (κ3) is 2.72. The van der Waals surface area contributed by atoms with Gasteiger partial charge in [0, 0.05) is 6.20 Å². The van der Waals surface area contributed by atoms with Crippen LogP contribution < -0.4 is 5.32 Å². The van der Waals surface area contributed by atoms with Gasteiger partial charge in [-0.1, -0.05) is 12.8 Å². The van der Waals surface area contributed by atoms with E-state index in [0.717, 1.165) is 25.1 Å². The predicted molar refractivity (Wildman–Crippen MR) is 58.9 cm³/mol. The van der Waals surface area contributed by atoms with Crippen LogP contribution >= 0.6 is 0 Å². The minimum Gasteiger partial charge on any atom is -0.394 e. The number of nitrogens with zero attached hydrogens (tertiary/aromatic N) is 2. The highest BCUT2D eigenvalue weighted by Gasteiger charge is 2.36. The Hall–Kier alpha value is -1.37. The zero-order valence-corrected chi connectivity index (χ0v) is 9.67. The van der Waals surface area contributed by atoms with Crippen LogP contribution in [0.5, 0.6) is 0 Å². The largest absolute Gasteiger partial charge is 0.433 e. The molecule has 1 aliphatic carbocycles. The molecule has 1 aromatic heterocycles. The van der Waals surface area contributed by atoms with Crippen molar-refractivity contribution in [1.82, 2.24) is 9.97 Å². The van der Waals surface area contributed by atoms with Gasteiger partial charge in [0.15, 0.2) is 0 Å². The second-order valence-electron chi connectivity index (χ2n) is 4.53. The van der Waals surface area contributed by atoms with E-state index in [2.05, 4.69) is 15.3 Å². The van der Waals surface area contributed by atoms with Crippen LogP contribution in [0.15, 0.2) is 12.3 Å². The van der Waals surface area contributed by atoms with Crippen molar-refractivity contribution < 1.29 is 18.3 Å². The summed E-state index contributed by atoms with van der Waals surface area (Å²) in [5.41, 5.74) is -1.56. The zero-order chi connectivity index (χ0) is 13.2. The summed E-state index contributed by atoms with van der Waals surface area (Å²) in [6, 6.07) is 0.825. The number of aliphatic hydroxyl groups is 1. The molecule has 1 fully saturated rings. The first kappa shape index (κ1) is 13.1. The van der Waals surface area contributed by atoms with Crippen LogP contribution in [0.4, 0.5) is 19.1 Å². The highest BCUT2D eigenvalue weighted by molar-refractivity contribution is 5.31. The van der Waals surface area contributed by atoms with Crippen LogP contribution in [-0.2, 0) is 6.18 Å². The summed E-state index contributed by atoms with van der Waals surface area (Å²) in [5, 5.41) is 12.2. The number of hydrogen-bond acceptors (Lipinski definition) is 4. The lowest BCUT2D eigenvalue weighted by molar-refractivity contribution is -0.141. The molecule has 0 aliphatic heterocycles. The van der Waals surface area contributed by atoms with Crippen molar-refractivity contribution in [2.24, 2.45) is 0 Å². The van der Waals surface area contributed by atoms with Crippen molar-refractivity contribution in [2.75, 3.05) is 11.9 Å². The third-order valence-corrected chi connectivity index (χ3v) is 3.19. The van der Waals surface area contributed by atoms with Gasteiger partial charge in [-0.05, 0) is 18.9 Å². The second kappa shape index (κ2) is 4.72. The third-order valence-electron chi connectivity index (χ3n) is 3.19. The molecule has 2 N–H and O–H groups in total. The highest BCUT2D eigenvalue weighted by Crippen LogP contribution is 2.33. The fourth-order valence-electron chi connectivity index (χ4n) is 2.19. The van der Waals surface area contributed by atoms with E-state index in [1.807, 2.05) is 0 Å². The van der Waals surface area contributed by atoms with Gasteiger partial charge in [-0.15, -0.1) is 0 Å². The minimum atomic E-state index is -4.48. The first-order chi connectivity index (χ1) is 8.45. The van der Waals surface area contributed by atoms with Crippen molar-refractivity contribution in [1.29, 1.82) is 0 Å². The van der Waals surface area contributed by atoms with E-state index in [-0.39, 0.29) is 12.6 Å². The number of anilines is 1. The van der Waals surface area contributed by atoms with Crippen LogP contribution in [0, 0.1) is 0 Å². The molecule has 0 spiro atoms. The molecule has 18 heavy (non-hydrogen) atoms. The van der Waals surface area contributed by atoms with Gasteiger partial charge in [0.1, 0.15) is 5.69 Å². The van der Waals surface area contributed by atoms with Gasteiger partial charge in [-0.2, -0.15) is 13.2 Å². The molecule has 1 aromatic rings. The summed E-state index contributed by atoms with van der Waals surface area (Å²) >= 11 is 0. The standard InChI is InChI=1S/C11H14F3N3O/c12-11(13,14)8-3-6-15-9(16-8)17-10(7-18)4-1-2-5-10/h3,6,18H,1-2,4-5,7H2,(H,15,16,17). The molecule has 0 bridgehead atoms. The van der Waals surface area contributed by atoms with Crippen molar-refractivity contribution in [3.8, 4) is 0 Å². The molecule has 0 atom stereocenters. The van der Waals surface area contributed by atoms with Crippen molar-refractivity contribution >= 4 is 5.95 Å². The molecular weight excluding hydrogens is 247 g/mol. The first-order valence-corrected chi connectivity index (χ1v) is 5.74. The van der Waals surface area contributed by atoms with Gasteiger partial charge in [0.05, 0.1) is 12.1 Å². The van der Waals surface area contributed by atoms with E-state index in [1.54, 1.807) is 0 Å². The zero-order valence-electron chi connectivity index (χ0n) is 9.67. The molecule has 2 rings (SSSR count). The Balaban J connectivity index is 2.19. The molecule has 7 heteroatoms. The van der Waals surface area contributed by atoms with Gasteiger partial charge in [-0.3, -0.25) is 0 Å². The van der Waals surface area contributed by atoms with E-state index < -0.39 is 17.4 Å². The number of rotatable bonds is 3. The van der Waals surface area contributed by atoms with Crippen LogP contribution in [0.1, 0.15) is 31.4 Å². The second-order valence-corrected chi connectivity index (χ2v) is 4.53. The lowest BCUT2D eigenvalue weighted by Crippen LogP contribution is -2.39. The van der Waals surface area contributed by atoms with Crippen molar-refractivity contribution in [3.05, 3.63) is 18.0 Å². The highest BCUT2D eigenvalue weighted by atomic mass is 19.4. The lowest BCUT2D eigenvalue weighted by atomic mass is 9.99. The number of hydrogen-bond donors (Lipinski definition) is 2. The monoisotopic (exact) mass is 261 g/mol. The Labute approximate surface area is 102 Å². The van der Waals surface area contributed by atoms with Gasteiger partial charge < -0.3 is 10.4 Å². The number of aliphatic hydroxyl groups excluding tert-OH is 1. The lowest BCUT2D eigenvalue weighted by Gasteiger charge is -2.28. The van der Waals surface area contributed by atoms with E-state index in [1.165, 1.54) is 0 Å². The molecular formula is C11H14F3N3O. The smallest absolute Gasteiger partial charge is 0.394 e. The summed E-state index contributed by atoms with van der Waals surface area (Å²) in [5.74, 6) is -0.0826. The fourth-order valence-corrected chi connectivity index (χ4v) is 2.19. The van der Waals surface area contributed by atoms with Crippen LogP contribution in [0.3, 0.4) is 0 Å². The summed E-state index contributed by atoms with van der Waals surface area (Å²) in [7, 11) is 0. The summed E-state index contributed by atoms with van der Waals surface area (Å²) in [6.07, 6.45) is -0.120. The SMILES string of the molecule is OCC1(Nc2nccc(C(F)(F)F)n2)CCCC1. The molecule has 0 aromatic carbocycles. The molecule has 0 radical (unpaired) electrons. The molecule has 1 aliphatic rings. The molecule has 0 amide bonds. The Morgan fingerprint density at radius 1 is 1.33 bits per heavy atom.